The second-order valence-corrected chi connectivity index (χ2v) is 2.01. The van der Waals surface area contributed by atoms with E-state index < -0.39 is 17.4 Å². The Morgan fingerprint density at radius 2 is 2.00 bits per heavy atom. The first-order valence-corrected chi connectivity index (χ1v) is 2.90. The van der Waals surface area contributed by atoms with Crippen LogP contribution in [-0.2, 0) is 4.79 Å². The minimum Gasteiger partial charge on any atom is -0.508 e. The summed E-state index contributed by atoms with van der Waals surface area (Å²) >= 11 is 0. The van der Waals surface area contributed by atoms with Gasteiger partial charge in [0, 0.05) is 0 Å². The van der Waals surface area contributed by atoms with E-state index >= 15 is 0 Å². The van der Waals surface area contributed by atoms with Crippen LogP contribution in [0.15, 0.2) is 36.4 Å². The smallest absolute Gasteiger partial charge is 0.163 e. The number of ketones is 1. The van der Waals surface area contributed by atoms with Gasteiger partial charge >= 0.3 is 0 Å². The molecular formula is C8H9FO2. The van der Waals surface area contributed by atoms with Crippen molar-refractivity contribution in [2.75, 3.05) is 0 Å². The quantitative estimate of drug-likeness (QED) is 0.385. The summed E-state index contributed by atoms with van der Waals surface area (Å²) in [6.45, 7) is 7.21. The Balaban J connectivity index is 4.75. The van der Waals surface area contributed by atoms with E-state index in [1.165, 1.54) is 6.92 Å². The van der Waals surface area contributed by atoms with Crippen molar-refractivity contribution in [3.05, 3.63) is 36.4 Å². The summed E-state index contributed by atoms with van der Waals surface area (Å²) in [4.78, 5) is 10.6. The number of carbonyl (C=O) groups is 1. The maximum Gasteiger partial charge on any atom is 0.163 e. The predicted molar refractivity (Wildman–Crippen MR) is 40.8 cm³/mol. The van der Waals surface area contributed by atoms with Crippen LogP contribution in [0.5, 0.6) is 0 Å². The van der Waals surface area contributed by atoms with Gasteiger partial charge in [-0.1, -0.05) is 13.2 Å². The second-order valence-electron chi connectivity index (χ2n) is 2.01. The number of rotatable bonds is 3. The van der Waals surface area contributed by atoms with E-state index in [9.17, 15) is 9.18 Å². The van der Waals surface area contributed by atoms with Crippen molar-refractivity contribution in [3.63, 3.8) is 0 Å². The highest BCUT2D eigenvalue weighted by Crippen LogP contribution is 2.09. The lowest BCUT2D eigenvalue weighted by Gasteiger charge is -1.98. The van der Waals surface area contributed by atoms with Crippen LogP contribution in [0.2, 0.25) is 0 Å². The number of hydrogen-bond donors (Lipinski definition) is 1. The van der Waals surface area contributed by atoms with E-state index in [0.29, 0.717) is 0 Å². The van der Waals surface area contributed by atoms with E-state index in [2.05, 4.69) is 13.2 Å². The van der Waals surface area contributed by atoms with Gasteiger partial charge in [-0.3, -0.25) is 4.79 Å². The summed E-state index contributed by atoms with van der Waals surface area (Å²) in [5, 5.41) is 8.74. The SMILES string of the molecule is C=C(F)/C=C(\C(=C)O)C(C)=O. The van der Waals surface area contributed by atoms with Gasteiger partial charge in [-0.15, -0.1) is 0 Å². The molecule has 1 N–H and O–H groups in total. The van der Waals surface area contributed by atoms with E-state index in [-0.39, 0.29) is 5.57 Å². The molecule has 0 atom stereocenters. The molecule has 3 heteroatoms. The lowest BCUT2D eigenvalue weighted by atomic mass is 10.1. The highest BCUT2D eigenvalue weighted by atomic mass is 19.1. The molecule has 0 unspecified atom stereocenters. The summed E-state index contributed by atoms with van der Waals surface area (Å²) in [5.41, 5.74) is -0.155. The van der Waals surface area contributed by atoms with Gasteiger partial charge in [0.05, 0.1) is 5.57 Å². The van der Waals surface area contributed by atoms with Gasteiger partial charge in [-0.2, -0.15) is 0 Å². The van der Waals surface area contributed by atoms with Gasteiger partial charge in [-0.05, 0) is 13.0 Å². The fraction of sp³-hybridized carbons (Fsp3) is 0.125. The number of allylic oxidation sites excluding steroid dienone is 3. The minimum absolute atomic E-state index is 0.155. The molecule has 60 valence electrons. The van der Waals surface area contributed by atoms with E-state index in [0.717, 1.165) is 6.08 Å². The Bertz CT molecular complexity index is 222. The molecule has 0 saturated carbocycles. The predicted octanol–water partition coefficient (Wildman–Crippen LogP) is 2.06. The van der Waals surface area contributed by atoms with Crippen molar-refractivity contribution in [2.45, 2.75) is 6.92 Å². The molecule has 2 nitrogen and oxygen atoms in total. The molecular weight excluding hydrogens is 147 g/mol. The Hall–Kier alpha value is -1.38. The van der Waals surface area contributed by atoms with Gasteiger partial charge in [0.2, 0.25) is 0 Å². The molecule has 0 rings (SSSR count). The Labute approximate surface area is 64.3 Å². The maximum atomic E-state index is 12.1. The highest BCUT2D eigenvalue weighted by molar-refractivity contribution is 5.97. The zero-order valence-corrected chi connectivity index (χ0v) is 6.22. The van der Waals surface area contributed by atoms with Crippen LogP contribution >= 0.6 is 0 Å². The van der Waals surface area contributed by atoms with Crippen molar-refractivity contribution >= 4 is 5.78 Å². The van der Waals surface area contributed by atoms with Gasteiger partial charge < -0.3 is 5.11 Å². The first kappa shape index (κ1) is 9.62. The zero-order chi connectivity index (χ0) is 9.02. The zero-order valence-electron chi connectivity index (χ0n) is 6.22. The second kappa shape index (κ2) is 3.71. The van der Waals surface area contributed by atoms with Crippen molar-refractivity contribution in [1.82, 2.24) is 0 Å². The molecule has 0 radical (unpaired) electrons. The number of carbonyl (C=O) groups excluding carboxylic acids is 1. The molecule has 0 aliphatic rings. The molecule has 0 aromatic heterocycles. The molecule has 0 spiro atoms. The number of halogens is 1. The largest absolute Gasteiger partial charge is 0.508 e. The third-order valence-corrected chi connectivity index (χ3v) is 0.991. The standard InChI is InChI=1S/C8H9FO2/c1-5(9)4-8(6(2)10)7(3)11/h4,10H,1-2H2,3H3/b8-4+. The lowest BCUT2D eigenvalue weighted by molar-refractivity contribution is -0.113. The van der Waals surface area contributed by atoms with Crippen LogP contribution in [0.1, 0.15) is 6.92 Å². The van der Waals surface area contributed by atoms with Crippen LogP contribution in [0.3, 0.4) is 0 Å². The fourth-order valence-electron chi connectivity index (χ4n) is 0.545. The Morgan fingerprint density at radius 1 is 1.55 bits per heavy atom. The Kier molecular flexibility index (Phi) is 3.24. The summed E-state index contributed by atoms with van der Waals surface area (Å²) in [5.74, 6) is -1.68. The maximum absolute atomic E-state index is 12.1. The third-order valence-electron chi connectivity index (χ3n) is 0.991. The van der Waals surface area contributed by atoms with Crippen LogP contribution < -0.4 is 0 Å². The molecule has 0 bridgehead atoms. The van der Waals surface area contributed by atoms with Crippen molar-refractivity contribution < 1.29 is 14.3 Å². The molecule has 0 amide bonds. The molecule has 0 aromatic carbocycles. The third kappa shape index (κ3) is 3.35. The van der Waals surface area contributed by atoms with E-state index in [1.54, 1.807) is 0 Å². The molecule has 11 heavy (non-hydrogen) atoms. The van der Waals surface area contributed by atoms with Crippen LogP contribution in [0, 0.1) is 0 Å². The first-order chi connectivity index (χ1) is 4.95. The van der Waals surface area contributed by atoms with Gasteiger partial charge in [-0.25, -0.2) is 4.39 Å². The number of aliphatic hydroxyl groups is 1. The summed E-state index contributed by atoms with van der Waals surface area (Å²) in [7, 11) is 0. The molecule has 0 aliphatic heterocycles. The Morgan fingerprint density at radius 3 is 2.09 bits per heavy atom. The molecule has 0 aromatic rings. The monoisotopic (exact) mass is 156 g/mol. The number of hydrogen-bond acceptors (Lipinski definition) is 2. The number of Topliss-reactive ketones (excluding diaryl/α,β-unsaturated/α-hetero) is 1. The highest BCUT2D eigenvalue weighted by Gasteiger charge is 2.06. The first-order valence-electron chi connectivity index (χ1n) is 2.90. The van der Waals surface area contributed by atoms with Crippen LogP contribution in [-0.4, -0.2) is 10.9 Å². The van der Waals surface area contributed by atoms with Crippen molar-refractivity contribution in [3.8, 4) is 0 Å². The van der Waals surface area contributed by atoms with Crippen molar-refractivity contribution in [2.24, 2.45) is 0 Å². The summed E-state index contributed by atoms with van der Waals surface area (Å²) in [6.07, 6.45) is 0.838. The summed E-state index contributed by atoms with van der Waals surface area (Å²) < 4.78 is 12.1. The van der Waals surface area contributed by atoms with Gasteiger partial charge in [0.15, 0.2) is 5.78 Å². The average Bonchev–Trinajstić information content (AvgIpc) is 1.81. The minimum atomic E-state index is -0.787. The summed E-state index contributed by atoms with van der Waals surface area (Å²) in [6, 6.07) is 0. The fourth-order valence-corrected chi connectivity index (χ4v) is 0.545. The lowest BCUT2D eigenvalue weighted by Crippen LogP contribution is -1.98. The molecule has 0 saturated heterocycles. The average molecular weight is 156 g/mol. The van der Waals surface area contributed by atoms with E-state index in [4.69, 9.17) is 5.11 Å². The topological polar surface area (TPSA) is 37.3 Å². The van der Waals surface area contributed by atoms with Gasteiger partial charge in [0.25, 0.3) is 0 Å². The normalized spacial score (nSPS) is 10.9. The molecule has 0 heterocycles. The molecule has 0 aliphatic carbocycles. The molecule has 0 fully saturated rings. The van der Waals surface area contributed by atoms with Gasteiger partial charge in [0.1, 0.15) is 11.6 Å². The van der Waals surface area contributed by atoms with Crippen LogP contribution in [0.25, 0.3) is 0 Å². The van der Waals surface area contributed by atoms with Crippen molar-refractivity contribution in [1.29, 1.82) is 0 Å². The number of aliphatic hydroxyl groups excluding tert-OH is 1. The van der Waals surface area contributed by atoms with Crippen LogP contribution in [0.4, 0.5) is 4.39 Å². The van der Waals surface area contributed by atoms with E-state index in [1.807, 2.05) is 0 Å².